The van der Waals surface area contributed by atoms with Crippen molar-refractivity contribution in [2.75, 3.05) is 16.0 Å². The zero-order valence-electron chi connectivity index (χ0n) is 17.3. The maximum Gasteiger partial charge on any atom is 0.416 e. The van der Waals surface area contributed by atoms with Gasteiger partial charge in [0.1, 0.15) is 11.2 Å². The summed E-state index contributed by atoms with van der Waals surface area (Å²) in [5.74, 6) is -1.13. The number of halogens is 4. The first-order chi connectivity index (χ1) is 15.6. The Labute approximate surface area is 191 Å². The maximum atomic E-state index is 14.5. The van der Waals surface area contributed by atoms with Gasteiger partial charge in [0.15, 0.2) is 0 Å². The molecule has 3 aromatic rings. The quantitative estimate of drug-likeness (QED) is 0.459. The molecular formula is C24H18F4N2O2S. The number of rotatable bonds is 4. The highest BCUT2D eigenvalue weighted by molar-refractivity contribution is 8.00. The average molecular weight is 474 g/mol. The molecular weight excluding hydrogens is 456 g/mol. The summed E-state index contributed by atoms with van der Waals surface area (Å²) in [7, 11) is 0. The van der Waals surface area contributed by atoms with Crippen molar-refractivity contribution in [2.24, 2.45) is 0 Å². The van der Waals surface area contributed by atoms with Gasteiger partial charge < -0.3 is 5.32 Å². The molecule has 0 unspecified atom stereocenters. The summed E-state index contributed by atoms with van der Waals surface area (Å²) in [5.41, 5.74) is 1.32. The molecule has 170 valence electrons. The molecule has 2 amide bonds. The van der Waals surface area contributed by atoms with Crippen molar-refractivity contribution in [2.45, 2.75) is 18.5 Å². The molecule has 0 saturated carbocycles. The molecule has 4 nitrogen and oxygen atoms in total. The van der Waals surface area contributed by atoms with E-state index in [1.165, 1.54) is 22.7 Å². The molecule has 33 heavy (non-hydrogen) atoms. The number of benzene rings is 3. The number of anilines is 2. The molecule has 1 atom stereocenters. The summed E-state index contributed by atoms with van der Waals surface area (Å²) >= 11 is 1.34. The number of carbonyl (C=O) groups is 2. The van der Waals surface area contributed by atoms with E-state index in [4.69, 9.17) is 0 Å². The first kappa shape index (κ1) is 22.8. The van der Waals surface area contributed by atoms with E-state index >= 15 is 0 Å². The zero-order valence-corrected chi connectivity index (χ0v) is 18.1. The topological polar surface area (TPSA) is 49.4 Å². The summed E-state index contributed by atoms with van der Waals surface area (Å²) in [6.07, 6.45) is -4.48. The molecule has 0 aromatic heterocycles. The molecule has 0 spiro atoms. The first-order valence-electron chi connectivity index (χ1n) is 9.92. The van der Waals surface area contributed by atoms with Gasteiger partial charge in [-0.1, -0.05) is 18.2 Å². The molecule has 0 aliphatic carbocycles. The Morgan fingerprint density at radius 2 is 1.79 bits per heavy atom. The molecule has 3 aromatic carbocycles. The van der Waals surface area contributed by atoms with Crippen LogP contribution >= 0.6 is 11.8 Å². The van der Waals surface area contributed by atoms with Gasteiger partial charge in [-0.2, -0.15) is 13.2 Å². The lowest BCUT2D eigenvalue weighted by atomic mass is 10.1. The number of hydrogen-bond acceptors (Lipinski definition) is 3. The van der Waals surface area contributed by atoms with E-state index in [1.54, 1.807) is 36.4 Å². The predicted octanol–water partition coefficient (Wildman–Crippen LogP) is 6.18. The fraction of sp³-hybridized carbons (Fsp3) is 0.167. The Morgan fingerprint density at radius 1 is 1.06 bits per heavy atom. The fourth-order valence-corrected chi connectivity index (χ4v) is 4.68. The Hall–Kier alpha value is -3.33. The molecule has 1 aliphatic rings. The Balaban J connectivity index is 1.56. The molecule has 9 heteroatoms. The molecule has 4 rings (SSSR count). The van der Waals surface area contributed by atoms with Crippen LogP contribution in [0.25, 0.3) is 0 Å². The minimum absolute atomic E-state index is 0.0716. The highest BCUT2D eigenvalue weighted by Gasteiger charge is 2.35. The number of nitrogens with one attached hydrogen (secondary N) is 1. The van der Waals surface area contributed by atoms with Gasteiger partial charge in [0.25, 0.3) is 5.91 Å². The Morgan fingerprint density at radius 3 is 2.48 bits per heavy atom. The average Bonchev–Trinajstić information content (AvgIpc) is 3.16. The number of hydrogen-bond donors (Lipinski definition) is 1. The lowest BCUT2D eigenvalue weighted by Crippen LogP contribution is -2.28. The van der Waals surface area contributed by atoms with E-state index in [0.717, 1.165) is 29.8 Å². The van der Waals surface area contributed by atoms with Crippen molar-refractivity contribution in [1.29, 1.82) is 0 Å². The van der Waals surface area contributed by atoms with Gasteiger partial charge in [-0.25, -0.2) is 4.39 Å². The van der Waals surface area contributed by atoms with E-state index in [-0.39, 0.29) is 22.9 Å². The number of thioether (sulfide) groups is 1. The number of alkyl halides is 3. The van der Waals surface area contributed by atoms with Crippen LogP contribution in [-0.4, -0.2) is 17.6 Å². The Bertz CT molecular complexity index is 1210. The van der Waals surface area contributed by atoms with Crippen molar-refractivity contribution in [3.8, 4) is 0 Å². The minimum Gasteiger partial charge on any atom is -0.322 e. The Kier molecular flexibility index (Phi) is 6.16. The van der Waals surface area contributed by atoms with Crippen LogP contribution in [-0.2, 0) is 11.0 Å². The van der Waals surface area contributed by atoms with Crippen LogP contribution in [0.1, 0.15) is 32.4 Å². The van der Waals surface area contributed by atoms with Crippen molar-refractivity contribution in [3.63, 3.8) is 0 Å². The molecule has 0 radical (unpaired) electrons. The van der Waals surface area contributed by atoms with Crippen molar-refractivity contribution >= 4 is 35.0 Å². The molecule has 1 N–H and O–H groups in total. The largest absolute Gasteiger partial charge is 0.416 e. The van der Waals surface area contributed by atoms with E-state index in [0.29, 0.717) is 11.3 Å². The SMILES string of the molecule is Cc1ccc(F)c(N2C(=O)CS[C@@H]2c2cccc(NC(=O)c3ccc(C(F)(F)F)cc3)c2)c1. The molecule has 1 heterocycles. The van der Waals surface area contributed by atoms with Gasteiger partial charge >= 0.3 is 6.18 Å². The van der Waals surface area contributed by atoms with Gasteiger partial charge in [-0.15, -0.1) is 11.8 Å². The van der Waals surface area contributed by atoms with Crippen LogP contribution in [0.2, 0.25) is 0 Å². The lowest BCUT2D eigenvalue weighted by molar-refractivity contribution is -0.137. The predicted molar refractivity (Wildman–Crippen MR) is 120 cm³/mol. The highest BCUT2D eigenvalue weighted by atomic mass is 32.2. The smallest absolute Gasteiger partial charge is 0.322 e. The minimum atomic E-state index is -4.48. The second kappa shape index (κ2) is 8.90. The van der Waals surface area contributed by atoms with E-state index in [2.05, 4.69) is 5.32 Å². The summed E-state index contributed by atoms with van der Waals surface area (Å²) in [4.78, 5) is 26.5. The second-order valence-electron chi connectivity index (χ2n) is 7.54. The van der Waals surface area contributed by atoms with E-state index in [9.17, 15) is 27.2 Å². The monoisotopic (exact) mass is 474 g/mol. The van der Waals surface area contributed by atoms with Gasteiger partial charge in [-0.05, 0) is 66.6 Å². The molecule has 1 aliphatic heterocycles. The highest BCUT2D eigenvalue weighted by Crippen LogP contribution is 2.43. The van der Waals surface area contributed by atoms with Crippen LogP contribution in [0.3, 0.4) is 0 Å². The fourth-order valence-electron chi connectivity index (χ4n) is 3.52. The van der Waals surface area contributed by atoms with Crippen LogP contribution in [0.15, 0.2) is 66.7 Å². The third-order valence-electron chi connectivity index (χ3n) is 5.13. The number of nitrogens with zero attached hydrogens (tertiary/aromatic N) is 1. The summed E-state index contributed by atoms with van der Waals surface area (Å²) in [6, 6.07) is 15.2. The number of amides is 2. The van der Waals surface area contributed by atoms with Crippen LogP contribution in [0.5, 0.6) is 0 Å². The standard InChI is InChI=1S/C24H18F4N2O2S/c1-14-5-10-19(25)20(11-14)30-21(31)13-33-23(30)16-3-2-4-18(12-16)29-22(32)15-6-8-17(9-7-15)24(26,27)28/h2-12,23H,13H2,1H3,(H,29,32)/t23-/m1/s1. The second-order valence-corrected chi connectivity index (χ2v) is 8.61. The first-order valence-corrected chi connectivity index (χ1v) is 11.0. The number of carbonyl (C=O) groups excluding carboxylic acids is 2. The molecule has 0 bridgehead atoms. The lowest BCUT2D eigenvalue weighted by Gasteiger charge is -2.25. The van der Waals surface area contributed by atoms with Crippen molar-refractivity contribution < 1.29 is 27.2 Å². The summed E-state index contributed by atoms with van der Waals surface area (Å²) < 4.78 is 52.7. The van der Waals surface area contributed by atoms with Gasteiger partial charge in [0, 0.05) is 11.3 Å². The van der Waals surface area contributed by atoms with Crippen LogP contribution in [0, 0.1) is 12.7 Å². The third-order valence-corrected chi connectivity index (χ3v) is 6.35. The normalized spacial score (nSPS) is 16.2. The van der Waals surface area contributed by atoms with Gasteiger partial charge in [0.05, 0.1) is 17.0 Å². The summed E-state index contributed by atoms with van der Waals surface area (Å²) in [5, 5.41) is 2.17. The zero-order chi connectivity index (χ0) is 23.8. The van der Waals surface area contributed by atoms with Gasteiger partial charge in [-0.3, -0.25) is 14.5 Å². The summed E-state index contributed by atoms with van der Waals surface area (Å²) in [6.45, 7) is 1.81. The third kappa shape index (κ3) is 4.88. The molecule has 1 fully saturated rings. The van der Waals surface area contributed by atoms with Crippen molar-refractivity contribution in [1.82, 2.24) is 0 Å². The van der Waals surface area contributed by atoms with Crippen LogP contribution < -0.4 is 10.2 Å². The van der Waals surface area contributed by atoms with Crippen LogP contribution in [0.4, 0.5) is 28.9 Å². The van der Waals surface area contributed by atoms with Gasteiger partial charge in [0.2, 0.25) is 5.91 Å². The maximum absolute atomic E-state index is 14.5. The van der Waals surface area contributed by atoms with Crippen molar-refractivity contribution in [3.05, 3.63) is 94.8 Å². The van der Waals surface area contributed by atoms with E-state index < -0.39 is 28.8 Å². The number of aryl methyl sites for hydroxylation is 1. The molecule has 1 saturated heterocycles. The van der Waals surface area contributed by atoms with E-state index in [1.807, 2.05) is 6.92 Å².